The molecule has 1 saturated heterocycles. The molecule has 0 aromatic rings. The molecule has 1 heterocycles. The lowest BCUT2D eigenvalue weighted by Crippen LogP contribution is -2.45. The van der Waals surface area contributed by atoms with E-state index in [2.05, 4.69) is 5.32 Å². The first-order valence-corrected chi connectivity index (χ1v) is 7.56. The van der Waals surface area contributed by atoms with Gasteiger partial charge in [-0.15, -0.1) is 0 Å². The van der Waals surface area contributed by atoms with Crippen LogP contribution in [-0.4, -0.2) is 42.1 Å². The summed E-state index contributed by atoms with van der Waals surface area (Å²) < 4.78 is 5.39. The van der Waals surface area contributed by atoms with Crippen molar-refractivity contribution in [2.75, 3.05) is 19.6 Å². The lowest BCUT2D eigenvalue weighted by molar-refractivity contribution is -0.121. The minimum absolute atomic E-state index is 0.0990. The van der Waals surface area contributed by atoms with E-state index >= 15 is 0 Å². The van der Waals surface area contributed by atoms with Gasteiger partial charge in [0.25, 0.3) is 0 Å². The van der Waals surface area contributed by atoms with E-state index < -0.39 is 5.60 Å². The standard InChI is InChI=1S/C15H28N2O3/c1-5-7-13(18)16-10-12-8-6-9-17(11-12)14(19)20-15(2,3)4/h12H,5-11H2,1-4H3,(H,16,18). The van der Waals surface area contributed by atoms with E-state index in [1.165, 1.54) is 0 Å². The number of amides is 2. The number of likely N-dealkylation sites (tertiary alicyclic amines) is 1. The molecule has 0 saturated carbocycles. The van der Waals surface area contributed by atoms with Crippen molar-refractivity contribution < 1.29 is 14.3 Å². The van der Waals surface area contributed by atoms with Crippen LogP contribution < -0.4 is 5.32 Å². The first kappa shape index (κ1) is 16.8. The van der Waals surface area contributed by atoms with Gasteiger partial charge in [0, 0.05) is 26.1 Å². The molecule has 1 unspecified atom stereocenters. The third kappa shape index (κ3) is 6.26. The van der Waals surface area contributed by atoms with Gasteiger partial charge < -0.3 is 15.0 Å². The van der Waals surface area contributed by atoms with Gasteiger partial charge in [0.1, 0.15) is 5.60 Å². The van der Waals surface area contributed by atoms with Gasteiger partial charge in [-0.2, -0.15) is 0 Å². The van der Waals surface area contributed by atoms with Crippen LogP contribution in [0.2, 0.25) is 0 Å². The number of carbonyl (C=O) groups is 2. The van der Waals surface area contributed by atoms with E-state index in [4.69, 9.17) is 4.74 Å². The molecule has 20 heavy (non-hydrogen) atoms. The highest BCUT2D eigenvalue weighted by molar-refractivity contribution is 5.75. The summed E-state index contributed by atoms with van der Waals surface area (Å²) in [6, 6.07) is 0. The Morgan fingerprint density at radius 2 is 2.05 bits per heavy atom. The number of hydrogen-bond acceptors (Lipinski definition) is 3. The second kappa shape index (κ2) is 7.50. The summed E-state index contributed by atoms with van der Waals surface area (Å²) in [6.07, 6.45) is 3.20. The van der Waals surface area contributed by atoms with Crippen molar-refractivity contribution in [1.82, 2.24) is 10.2 Å². The van der Waals surface area contributed by atoms with Crippen molar-refractivity contribution in [2.24, 2.45) is 5.92 Å². The van der Waals surface area contributed by atoms with Crippen LogP contribution in [0.3, 0.4) is 0 Å². The van der Waals surface area contributed by atoms with Crippen molar-refractivity contribution in [3.63, 3.8) is 0 Å². The van der Waals surface area contributed by atoms with Gasteiger partial charge in [0.2, 0.25) is 5.91 Å². The normalized spacial score (nSPS) is 19.6. The number of nitrogens with one attached hydrogen (secondary N) is 1. The average Bonchev–Trinajstić information content (AvgIpc) is 2.35. The van der Waals surface area contributed by atoms with E-state index in [1.54, 1.807) is 4.90 Å². The molecule has 0 bridgehead atoms. The quantitative estimate of drug-likeness (QED) is 0.863. The van der Waals surface area contributed by atoms with Crippen molar-refractivity contribution in [3.05, 3.63) is 0 Å². The lowest BCUT2D eigenvalue weighted by Gasteiger charge is -2.34. The molecule has 1 rings (SSSR count). The molecule has 0 spiro atoms. The van der Waals surface area contributed by atoms with E-state index in [-0.39, 0.29) is 12.0 Å². The molecule has 1 atom stereocenters. The third-order valence-electron chi connectivity index (χ3n) is 3.24. The fourth-order valence-corrected chi connectivity index (χ4v) is 2.30. The zero-order valence-electron chi connectivity index (χ0n) is 13.2. The second-order valence-corrected chi connectivity index (χ2v) is 6.49. The Labute approximate surface area is 122 Å². The molecule has 5 heteroatoms. The summed E-state index contributed by atoms with van der Waals surface area (Å²) in [4.78, 5) is 25.2. The molecule has 1 aliphatic heterocycles. The number of piperidine rings is 1. The molecular formula is C15H28N2O3. The van der Waals surface area contributed by atoms with Crippen LogP contribution in [-0.2, 0) is 9.53 Å². The molecule has 0 aliphatic carbocycles. The number of nitrogens with zero attached hydrogens (tertiary/aromatic N) is 1. The molecule has 1 N–H and O–H groups in total. The molecule has 1 aliphatic rings. The highest BCUT2D eigenvalue weighted by Crippen LogP contribution is 2.18. The maximum atomic E-state index is 12.0. The van der Waals surface area contributed by atoms with Crippen LogP contribution in [0.1, 0.15) is 53.4 Å². The van der Waals surface area contributed by atoms with Gasteiger partial charge in [0.15, 0.2) is 0 Å². The minimum Gasteiger partial charge on any atom is -0.444 e. The van der Waals surface area contributed by atoms with Gasteiger partial charge in [-0.1, -0.05) is 6.92 Å². The Morgan fingerprint density at radius 1 is 1.35 bits per heavy atom. The monoisotopic (exact) mass is 284 g/mol. The number of carbonyl (C=O) groups excluding carboxylic acids is 2. The molecule has 5 nitrogen and oxygen atoms in total. The number of rotatable bonds is 4. The van der Waals surface area contributed by atoms with E-state index in [0.717, 1.165) is 25.8 Å². The molecule has 0 aromatic heterocycles. The Bertz CT molecular complexity index is 337. The van der Waals surface area contributed by atoms with E-state index in [1.807, 2.05) is 27.7 Å². The zero-order chi connectivity index (χ0) is 15.2. The predicted molar refractivity (Wildman–Crippen MR) is 78.4 cm³/mol. The number of ether oxygens (including phenoxy) is 1. The Morgan fingerprint density at radius 3 is 2.65 bits per heavy atom. The predicted octanol–water partition coefficient (Wildman–Crippen LogP) is 2.55. The third-order valence-corrected chi connectivity index (χ3v) is 3.24. The molecule has 1 fully saturated rings. The molecule has 2 amide bonds. The highest BCUT2D eigenvalue weighted by atomic mass is 16.6. The summed E-state index contributed by atoms with van der Waals surface area (Å²) in [5, 5.41) is 2.94. The fraction of sp³-hybridized carbons (Fsp3) is 0.867. The summed E-state index contributed by atoms with van der Waals surface area (Å²) >= 11 is 0. The SMILES string of the molecule is CCCC(=O)NCC1CCCN(C(=O)OC(C)(C)C)C1. The Balaban J connectivity index is 2.38. The van der Waals surface area contributed by atoms with Crippen LogP contribution in [0.15, 0.2) is 0 Å². The smallest absolute Gasteiger partial charge is 0.410 e. The average molecular weight is 284 g/mol. The molecular weight excluding hydrogens is 256 g/mol. The largest absolute Gasteiger partial charge is 0.444 e. The van der Waals surface area contributed by atoms with Crippen LogP contribution in [0.5, 0.6) is 0 Å². The maximum Gasteiger partial charge on any atom is 0.410 e. The van der Waals surface area contributed by atoms with Crippen LogP contribution >= 0.6 is 0 Å². The summed E-state index contributed by atoms with van der Waals surface area (Å²) in [6.45, 7) is 9.67. The first-order chi connectivity index (χ1) is 9.31. The fourth-order valence-electron chi connectivity index (χ4n) is 2.30. The second-order valence-electron chi connectivity index (χ2n) is 6.49. The van der Waals surface area contributed by atoms with Gasteiger partial charge in [-0.3, -0.25) is 4.79 Å². The first-order valence-electron chi connectivity index (χ1n) is 7.56. The van der Waals surface area contributed by atoms with Crippen molar-refractivity contribution >= 4 is 12.0 Å². The Kier molecular flexibility index (Phi) is 6.30. The van der Waals surface area contributed by atoms with E-state index in [0.29, 0.717) is 25.4 Å². The van der Waals surface area contributed by atoms with Crippen LogP contribution in [0, 0.1) is 5.92 Å². The summed E-state index contributed by atoms with van der Waals surface area (Å²) in [5.41, 5.74) is -0.459. The van der Waals surface area contributed by atoms with E-state index in [9.17, 15) is 9.59 Å². The summed E-state index contributed by atoms with van der Waals surface area (Å²) in [7, 11) is 0. The van der Waals surface area contributed by atoms with Crippen LogP contribution in [0.25, 0.3) is 0 Å². The van der Waals surface area contributed by atoms with Gasteiger partial charge >= 0.3 is 6.09 Å². The molecule has 0 radical (unpaired) electrons. The van der Waals surface area contributed by atoms with Crippen LogP contribution in [0.4, 0.5) is 4.79 Å². The minimum atomic E-state index is -0.459. The van der Waals surface area contributed by atoms with Gasteiger partial charge in [-0.05, 0) is 46.0 Å². The molecule has 116 valence electrons. The Hall–Kier alpha value is -1.26. The van der Waals surface area contributed by atoms with Crippen molar-refractivity contribution in [2.45, 2.75) is 59.0 Å². The molecule has 0 aromatic carbocycles. The zero-order valence-corrected chi connectivity index (χ0v) is 13.2. The highest BCUT2D eigenvalue weighted by Gasteiger charge is 2.27. The van der Waals surface area contributed by atoms with Gasteiger partial charge in [0.05, 0.1) is 0 Å². The van der Waals surface area contributed by atoms with Crippen molar-refractivity contribution in [3.8, 4) is 0 Å². The topological polar surface area (TPSA) is 58.6 Å². The number of hydrogen-bond donors (Lipinski definition) is 1. The van der Waals surface area contributed by atoms with Crippen molar-refractivity contribution in [1.29, 1.82) is 0 Å². The maximum absolute atomic E-state index is 12.0. The van der Waals surface area contributed by atoms with Gasteiger partial charge in [-0.25, -0.2) is 4.79 Å². The summed E-state index contributed by atoms with van der Waals surface area (Å²) in [5.74, 6) is 0.430. The lowest BCUT2D eigenvalue weighted by atomic mass is 9.98.